The van der Waals surface area contributed by atoms with Crippen molar-refractivity contribution in [3.8, 4) is 12.5 Å². The van der Waals surface area contributed by atoms with Crippen LogP contribution in [0, 0.1) is 23.0 Å². The van der Waals surface area contributed by atoms with Gasteiger partial charge < -0.3 is 9.47 Å². The van der Waals surface area contributed by atoms with Crippen LogP contribution in [-0.4, -0.2) is 13.2 Å². The van der Waals surface area contributed by atoms with Crippen LogP contribution < -0.4 is 0 Å². The lowest BCUT2D eigenvalue weighted by atomic mass is 10.1. The molecule has 84 valence electrons. The van der Waals surface area contributed by atoms with Crippen molar-refractivity contribution in [2.45, 2.75) is 44.9 Å². The number of hydrogen-bond donors (Lipinski definition) is 0. The lowest BCUT2D eigenvalue weighted by Crippen LogP contribution is -1.89. The Bertz CT molecular complexity index is 184. The van der Waals surface area contributed by atoms with Gasteiger partial charge in [-0.15, -0.1) is 0 Å². The minimum Gasteiger partial charge on any atom is -0.428 e. The van der Waals surface area contributed by atoms with Crippen molar-refractivity contribution in [3.05, 3.63) is 0 Å². The molecule has 0 aliphatic heterocycles. The van der Waals surface area contributed by atoms with Crippen molar-refractivity contribution in [1.82, 2.24) is 0 Å². The highest BCUT2D eigenvalue weighted by molar-refractivity contribution is 4.51. The summed E-state index contributed by atoms with van der Waals surface area (Å²) in [6.07, 6.45) is 11.1. The molecule has 0 atom stereocenters. The van der Waals surface area contributed by atoms with E-state index in [9.17, 15) is 0 Å². The van der Waals surface area contributed by atoms with Gasteiger partial charge in [0.15, 0.2) is 0 Å². The Morgan fingerprint density at radius 2 is 0.933 bits per heavy atom. The monoisotopic (exact) mass is 210 g/mol. The van der Waals surface area contributed by atoms with E-state index in [1.165, 1.54) is 19.3 Å². The molecule has 0 unspecified atom stereocenters. The second kappa shape index (κ2) is 12.6. The fourth-order valence-corrected chi connectivity index (χ4v) is 1.32. The molecule has 0 amide bonds. The molecule has 0 fully saturated rings. The maximum Gasteiger partial charge on any atom is 0.286 e. The van der Waals surface area contributed by atoms with Crippen molar-refractivity contribution in [2.75, 3.05) is 13.2 Å². The Labute approximate surface area is 91.4 Å². The molecule has 4 heteroatoms. The zero-order chi connectivity index (χ0) is 11.2. The standard InChI is InChI=1S/C11H18N2O2/c12-10-14-8-6-4-2-1-3-5-7-9-15-11-13/h1-9H2. The van der Waals surface area contributed by atoms with Crippen molar-refractivity contribution >= 4 is 0 Å². The van der Waals surface area contributed by atoms with Crippen LogP contribution >= 0.6 is 0 Å². The Balaban J connectivity index is 2.88. The van der Waals surface area contributed by atoms with E-state index in [0.717, 1.165) is 25.7 Å². The highest BCUT2D eigenvalue weighted by atomic mass is 16.5. The van der Waals surface area contributed by atoms with E-state index in [4.69, 9.17) is 10.5 Å². The van der Waals surface area contributed by atoms with Gasteiger partial charge >= 0.3 is 0 Å². The van der Waals surface area contributed by atoms with Gasteiger partial charge in [-0.1, -0.05) is 32.1 Å². The predicted octanol–water partition coefficient (Wildman–Crippen LogP) is 2.71. The SMILES string of the molecule is N#COCCCCCCCCCOC#N. The number of hydrogen-bond acceptors (Lipinski definition) is 4. The molecule has 0 spiro atoms. The van der Waals surface area contributed by atoms with Gasteiger partial charge in [-0.05, 0) is 12.8 Å². The number of unbranched alkanes of at least 4 members (excludes halogenated alkanes) is 6. The van der Waals surface area contributed by atoms with Gasteiger partial charge in [0.2, 0.25) is 0 Å². The fourth-order valence-electron chi connectivity index (χ4n) is 1.32. The second-order valence-electron chi connectivity index (χ2n) is 3.35. The van der Waals surface area contributed by atoms with Crippen LogP contribution in [0.5, 0.6) is 0 Å². The third-order valence-corrected chi connectivity index (χ3v) is 2.12. The molecule has 0 saturated carbocycles. The Morgan fingerprint density at radius 1 is 0.600 bits per heavy atom. The third-order valence-electron chi connectivity index (χ3n) is 2.12. The lowest BCUT2D eigenvalue weighted by Gasteiger charge is -2.00. The summed E-state index contributed by atoms with van der Waals surface area (Å²) in [7, 11) is 0. The van der Waals surface area contributed by atoms with Gasteiger partial charge in [0.1, 0.15) is 13.2 Å². The summed E-state index contributed by atoms with van der Waals surface area (Å²) in [5, 5.41) is 16.2. The summed E-state index contributed by atoms with van der Waals surface area (Å²) < 4.78 is 9.13. The average Bonchev–Trinajstić information content (AvgIpc) is 2.26. The topological polar surface area (TPSA) is 66.0 Å². The molecule has 0 aromatic rings. The first-order valence-electron chi connectivity index (χ1n) is 5.43. The third kappa shape index (κ3) is 12.6. The van der Waals surface area contributed by atoms with Gasteiger partial charge in [0, 0.05) is 0 Å². The van der Waals surface area contributed by atoms with E-state index in [2.05, 4.69) is 9.47 Å². The van der Waals surface area contributed by atoms with Crippen LogP contribution in [-0.2, 0) is 9.47 Å². The highest BCUT2D eigenvalue weighted by Crippen LogP contribution is 2.07. The van der Waals surface area contributed by atoms with E-state index in [1.807, 2.05) is 0 Å². The molecular formula is C11H18N2O2. The van der Waals surface area contributed by atoms with Gasteiger partial charge in [0.25, 0.3) is 12.5 Å². The van der Waals surface area contributed by atoms with Gasteiger partial charge in [-0.25, -0.2) is 0 Å². The van der Waals surface area contributed by atoms with E-state index in [1.54, 1.807) is 12.5 Å². The maximum absolute atomic E-state index is 8.10. The van der Waals surface area contributed by atoms with E-state index < -0.39 is 0 Å². The quantitative estimate of drug-likeness (QED) is 0.410. The summed E-state index contributed by atoms with van der Waals surface area (Å²) in [5.41, 5.74) is 0. The van der Waals surface area contributed by atoms with Crippen LogP contribution in [0.1, 0.15) is 44.9 Å². The Kier molecular flexibility index (Phi) is 11.4. The van der Waals surface area contributed by atoms with Crippen molar-refractivity contribution < 1.29 is 9.47 Å². The number of rotatable bonds is 10. The summed E-state index contributed by atoms with van der Waals surface area (Å²) in [6, 6.07) is 0. The molecule has 0 rings (SSSR count). The van der Waals surface area contributed by atoms with E-state index in [-0.39, 0.29) is 0 Å². The first kappa shape index (κ1) is 13.6. The molecule has 0 saturated heterocycles. The second-order valence-corrected chi connectivity index (χ2v) is 3.35. The molecular weight excluding hydrogens is 192 g/mol. The molecule has 0 aliphatic rings. The zero-order valence-corrected chi connectivity index (χ0v) is 9.07. The maximum atomic E-state index is 8.10. The van der Waals surface area contributed by atoms with E-state index in [0.29, 0.717) is 13.2 Å². The minimum atomic E-state index is 0.548. The number of ether oxygens (including phenoxy) is 2. The number of nitrogens with zero attached hydrogens (tertiary/aromatic N) is 2. The molecule has 4 nitrogen and oxygen atoms in total. The molecule has 0 bridgehead atoms. The Morgan fingerprint density at radius 3 is 1.27 bits per heavy atom. The first-order chi connectivity index (χ1) is 7.41. The van der Waals surface area contributed by atoms with Crippen LogP contribution in [0.15, 0.2) is 0 Å². The van der Waals surface area contributed by atoms with Crippen LogP contribution in [0.2, 0.25) is 0 Å². The van der Waals surface area contributed by atoms with E-state index >= 15 is 0 Å². The summed E-state index contributed by atoms with van der Waals surface area (Å²) in [5.74, 6) is 0. The normalized spacial score (nSPS) is 8.93. The van der Waals surface area contributed by atoms with Gasteiger partial charge in [-0.3, -0.25) is 0 Å². The fraction of sp³-hybridized carbons (Fsp3) is 0.818. The molecule has 0 heterocycles. The molecule has 0 aromatic carbocycles. The molecule has 0 radical (unpaired) electrons. The minimum absolute atomic E-state index is 0.548. The lowest BCUT2D eigenvalue weighted by molar-refractivity contribution is 0.256. The van der Waals surface area contributed by atoms with Crippen molar-refractivity contribution in [3.63, 3.8) is 0 Å². The summed E-state index contributed by atoms with van der Waals surface area (Å²) in [6.45, 7) is 1.10. The van der Waals surface area contributed by atoms with Crippen LogP contribution in [0.25, 0.3) is 0 Å². The molecule has 0 aliphatic carbocycles. The smallest absolute Gasteiger partial charge is 0.286 e. The zero-order valence-electron chi connectivity index (χ0n) is 9.07. The largest absolute Gasteiger partial charge is 0.428 e. The van der Waals surface area contributed by atoms with Crippen molar-refractivity contribution in [1.29, 1.82) is 10.5 Å². The molecule has 15 heavy (non-hydrogen) atoms. The van der Waals surface area contributed by atoms with Crippen LogP contribution in [0.3, 0.4) is 0 Å². The predicted molar refractivity (Wildman–Crippen MR) is 55.4 cm³/mol. The van der Waals surface area contributed by atoms with Crippen molar-refractivity contribution in [2.24, 2.45) is 0 Å². The van der Waals surface area contributed by atoms with Gasteiger partial charge in [-0.2, -0.15) is 10.5 Å². The number of nitriles is 2. The highest BCUT2D eigenvalue weighted by Gasteiger charge is 1.92. The average molecular weight is 210 g/mol. The molecule has 0 N–H and O–H groups in total. The first-order valence-corrected chi connectivity index (χ1v) is 5.43. The van der Waals surface area contributed by atoms with Crippen LogP contribution in [0.4, 0.5) is 0 Å². The van der Waals surface area contributed by atoms with Gasteiger partial charge in [0.05, 0.1) is 0 Å². The molecule has 0 aromatic heterocycles. The Hall–Kier alpha value is -1.42. The summed E-state index contributed by atoms with van der Waals surface area (Å²) in [4.78, 5) is 0. The summed E-state index contributed by atoms with van der Waals surface area (Å²) >= 11 is 0.